The van der Waals surface area contributed by atoms with Crippen LogP contribution in [0, 0.1) is 6.92 Å². The van der Waals surface area contributed by atoms with Gasteiger partial charge in [0.25, 0.3) is 5.88 Å². The summed E-state index contributed by atoms with van der Waals surface area (Å²) in [5.41, 5.74) is 0.0479. The van der Waals surface area contributed by atoms with Crippen LogP contribution in [0.5, 0.6) is 11.6 Å². The number of halogens is 4. The molecule has 0 amide bonds. The SMILES string of the molecule is COc1ncc(CF)c(C)c1OC(F)(F)F. The third-order valence-electron chi connectivity index (χ3n) is 1.91. The lowest BCUT2D eigenvalue weighted by atomic mass is 10.1. The molecule has 7 heteroatoms. The molecule has 1 heterocycles. The van der Waals surface area contributed by atoms with E-state index >= 15 is 0 Å². The average molecular weight is 239 g/mol. The van der Waals surface area contributed by atoms with Crippen molar-refractivity contribution in [1.29, 1.82) is 0 Å². The molecule has 0 aliphatic carbocycles. The molecule has 0 atom stereocenters. The molecule has 0 radical (unpaired) electrons. The quantitative estimate of drug-likeness (QED) is 0.760. The lowest BCUT2D eigenvalue weighted by Gasteiger charge is -2.15. The smallest absolute Gasteiger partial charge is 0.478 e. The minimum absolute atomic E-state index is 0.0201. The van der Waals surface area contributed by atoms with Gasteiger partial charge < -0.3 is 9.47 Å². The lowest BCUT2D eigenvalue weighted by molar-refractivity contribution is -0.275. The zero-order valence-electron chi connectivity index (χ0n) is 8.56. The van der Waals surface area contributed by atoms with Gasteiger partial charge in [0, 0.05) is 17.3 Å². The topological polar surface area (TPSA) is 31.4 Å². The number of nitrogens with zero attached hydrogens (tertiary/aromatic N) is 1. The molecule has 0 saturated carbocycles. The van der Waals surface area contributed by atoms with Crippen molar-refractivity contribution in [3.8, 4) is 11.6 Å². The van der Waals surface area contributed by atoms with Crippen LogP contribution >= 0.6 is 0 Å². The number of methoxy groups -OCH3 is 1. The summed E-state index contributed by atoms with van der Waals surface area (Å²) in [5, 5.41) is 0. The molecule has 0 unspecified atom stereocenters. The van der Waals surface area contributed by atoms with E-state index in [4.69, 9.17) is 0 Å². The molecule has 0 fully saturated rings. The second kappa shape index (κ2) is 4.54. The molecule has 0 N–H and O–H groups in total. The van der Waals surface area contributed by atoms with Gasteiger partial charge in [0.2, 0.25) is 0 Å². The molecule has 16 heavy (non-hydrogen) atoms. The zero-order chi connectivity index (χ0) is 12.3. The second-order valence-corrected chi connectivity index (χ2v) is 2.93. The minimum atomic E-state index is -4.87. The van der Waals surface area contributed by atoms with Crippen LogP contribution in [0.25, 0.3) is 0 Å². The molecule has 1 rings (SSSR count). The zero-order valence-corrected chi connectivity index (χ0v) is 8.56. The van der Waals surface area contributed by atoms with Crippen molar-refractivity contribution in [2.24, 2.45) is 0 Å². The van der Waals surface area contributed by atoms with Gasteiger partial charge in [0.15, 0.2) is 5.75 Å². The van der Waals surface area contributed by atoms with E-state index < -0.39 is 18.8 Å². The molecule has 0 aliphatic rings. The maximum Gasteiger partial charge on any atom is 0.573 e. The van der Waals surface area contributed by atoms with Gasteiger partial charge in [-0.05, 0) is 6.92 Å². The van der Waals surface area contributed by atoms with Gasteiger partial charge in [-0.15, -0.1) is 13.2 Å². The average Bonchev–Trinajstić information content (AvgIpc) is 2.19. The van der Waals surface area contributed by atoms with Crippen LogP contribution in [-0.2, 0) is 6.67 Å². The van der Waals surface area contributed by atoms with Crippen LogP contribution in [0.1, 0.15) is 11.1 Å². The van der Waals surface area contributed by atoms with E-state index in [2.05, 4.69) is 14.5 Å². The van der Waals surface area contributed by atoms with Gasteiger partial charge in [-0.1, -0.05) is 0 Å². The molecule has 1 aromatic rings. The Balaban J connectivity index is 3.21. The first-order valence-corrected chi connectivity index (χ1v) is 4.23. The number of pyridine rings is 1. The Morgan fingerprint density at radius 1 is 1.38 bits per heavy atom. The second-order valence-electron chi connectivity index (χ2n) is 2.93. The van der Waals surface area contributed by atoms with Crippen LogP contribution in [0.2, 0.25) is 0 Å². The van der Waals surface area contributed by atoms with Gasteiger partial charge >= 0.3 is 6.36 Å². The lowest BCUT2D eigenvalue weighted by Crippen LogP contribution is -2.19. The van der Waals surface area contributed by atoms with Crippen LogP contribution in [0.15, 0.2) is 6.20 Å². The molecule has 0 bridgehead atoms. The summed E-state index contributed by atoms with van der Waals surface area (Å²) in [6, 6.07) is 0. The number of rotatable bonds is 3. The Morgan fingerprint density at radius 3 is 2.44 bits per heavy atom. The highest BCUT2D eigenvalue weighted by Crippen LogP contribution is 2.35. The molecule has 90 valence electrons. The summed E-state index contributed by atoms with van der Waals surface area (Å²) in [6.07, 6.45) is -3.76. The van der Waals surface area contributed by atoms with Gasteiger partial charge in [-0.3, -0.25) is 0 Å². The molecule has 3 nitrogen and oxygen atoms in total. The van der Waals surface area contributed by atoms with Gasteiger partial charge in [-0.25, -0.2) is 9.37 Å². The highest BCUT2D eigenvalue weighted by Gasteiger charge is 2.34. The molecule has 0 saturated heterocycles. The maximum atomic E-state index is 12.4. The minimum Gasteiger partial charge on any atom is -0.478 e. The van der Waals surface area contributed by atoms with Crippen LogP contribution in [0.4, 0.5) is 17.6 Å². The molecular weight excluding hydrogens is 230 g/mol. The first-order chi connectivity index (χ1) is 7.39. The summed E-state index contributed by atoms with van der Waals surface area (Å²) in [5.74, 6) is -0.933. The summed E-state index contributed by atoms with van der Waals surface area (Å²) in [7, 11) is 1.15. The van der Waals surface area contributed by atoms with Gasteiger partial charge in [0.1, 0.15) is 6.67 Å². The van der Waals surface area contributed by atoms with E-state index in [1.54, 1.807) is 0 Å². The first kappa shape index (κ1) is 12.5. The molecular formula is C9H9F4NO2. The van der Waals surface area contributed by atoms with E-state index in [1.807, 2.05) is 0 Å². The van der Waals surface area contributed by atoms with E-state index in [0.29, 0.717) is 0 Å². The number of ether oxygens (including phenoxy) is 2. The molecule has 0 spiro atoms. The van der Waals surface area contributed by atoms with E-state index in [1.165, 1.54) is 6.92 Å². The highest BCUT2D eigenvalue weighted by molar-refractivity contribution is 5.45. The largest absolute Gasteiger partial charge is 0.573 e. The highest BCUT2D eigenvalue weighted by atomic mass is 19.4. The molecule has 1 aromatic heterocycles. The third kappa shape index (κ3) is 2.74. The molecule has 0 aliphatic heterocycles. The van der Waals surface area contributed by atoms with E-state index in [0.717, 1.165) is 13.3 Å². The Morgan fingerprint density at radius 2 is 2.00 bits per heavy atom. The summed E-state index contributed by atoms with van der Waals surface area (Å²) in [6.45, 7) is 0.386. The van der Waals surface area contributed by atoms with Crippen molar-refractivity contribution in [1.82, 2.24) is 4.98 Å². The van der Waals surface area contributed by atoms with Gasteiger partial charge in [0.05, 0.1) is 7.11 Å². The Bertz CT molecular complexity index is 379. The fraction of sp³-hybridized carbons (Fsp3) is 0.444. The van der Waals surface area contributed by atoms with Crippen LogP contribution in [-0.4, -0.2) is 18.5 Å². The van der Waals surface area contributed by atoms with Crippen molar-refractivity contribution < 1.29 is 27.0 Å². The maximum absolute atomic E-state index is 12.4. The van der Waals surface area contributed by atoms with Crippen LogP contribution < -0.4 is 9.47 Å². The predicted molar refractivity (Wildman–Crippen MR) is 47.0 cm³/mol. The summed E-state index contributed by atoms with van der Waals surface area (Å²) >= 11 is 0. The third-order valence-corrected chi connectivity index (χ3v) is 1.91. The van der Waals surface area contributed by atoms with Crippen molar-refractivity contribution in [3.05, 3.63) is 17.3 Å². The van der Waals surface area contributed by atoms with Crippen molar-refractivity contribution >= 4 is 0 Å². The number of alkyl halides is 4. The fourth-order valence-corrected chi connectivity index (χ4v) is 1.11. The van der Waals surface area contributed by atoms with E-state index in [9.17, 15) is 17.6 Å². The standard InChI is InChI=1S/C9H9F4NO2/c1-5-6(3-10)4-14-8(15-2)7(5)16-9(11,12)13/h4H,3H2,1-2H3. The molecule has 0 aromatic carbocycles. The first-order valence-electron chi connectivity index (χ1n) is 4.23. The summed E-state index contributed by atoms with van der Waals surface area (Å²) < 4.78 is 57.0. The fourth-order valence-electron chi connectivity index (χ4n) is 1.11. The predicted octanol–water partition coefficient (Wildman–Crippen LogP) is 2.77. The number of aromatic nitrogens is 1. The number of hydrogen-bond acceptors (Lipinski definition) is 3. The Kier molecular flexibility index (Phi) is 3.56. The normalized spacial score (nSPS) is 11.4. The Hall–Kier alpha value is -1.53. The van der Waals surface area contributed by atoms with E-state index in [-0.39, 0.29) is 17.0 Å². The van der Waals surface area contributed by atoms with Crippen molar-refractivity contribution in [2.45, 2.75) is 20.0 Å². The van der Waals surface area contributed by atoms with Crippen molar-refractivity contribution in [2.75, 3.05) is 7.11 Å². The van der Waals surface area contributed by atoms with Crippen LogP contribution in [0.3, 0.4) is 0 Å². The van der Waals surface area contributed by atoms with Crippen molar-refractivity contribution in [3.63, 3.8) is 0 Å². The Labute approximate surface area is 89.0 Å². The number of hydrogen-bond donors (Lipinski definition) is 0. The van der Waals surface area contributed by atoms with Gasteiger partial charge in [-0.2, -0.15) is 0 Å². The summed E-state index contributed by atoms with van der Waals surface area (Å²) in [4.78, 5) is 3.53. The monoisotopic (exact) mass is 239 g/mol.